The molecule has 1 aliphatic carbocycles. The monoisotopic (exact) mass is 441 g/mol. The van der Waals surface area contributed by atoms with Gasteiger partial charge in [-0.3, -0.25) is 9.78 Å². The number of piperidine rings is 2. The van der Waals surface area contributed by atoms with E-state index in [-0.39, 0.29) is 23.8 Å². The van der Waals surface area contributed by atoms with Gasteiger partial charge in [0.2, 0.25) is 5.91 Å². The number of anilines is 1. The fourth-order valence-corrected chi connectivity index (χ4v) is 4.89. The van der Waals surface area contributed by atoms with Gasteiger partial charge in [-0.2, -0.15) is 0 Å². The molecule has 168 valence electrons. The van der Waals surface area contributed by atoms with Crippen LogP contribution in [0.3, 0.4) is 0 Å². The topological polar surface area (TPSA) is 78.4 Å². The minimum Gasteiger partial charge on any atom is -0.331 e. The van der Waals surface area contributed by atoms with E-state index in [9.17, 15) is 9.59 Å². The van der Waals surface area contributed by atoms with Crippen LogP contribution >= 0.6 is 0 Å². The highest BCUT2D eigenvalue weighted by atomic mass is 16.2. The van der Waals surface area contributed by atoms with Crippen molar-refractivity contribution in [2.45, 2.75) is 13.3 Å². The van der Waals surface area contributed by atoms with Crippen LogP contribution in [-0.4, -0.2) is 58.9 Å². The number of rotatable bonds is 3. The Morgan fingerprint density at radius 3 is 2.61 bits per heavy atom. The molecular weight excluding hydrogens is 414 g/mol. The molecule has 2 aliphatic rings. The number of pyridine rings is 2. The summed E-state index contributed by atoms with van der Waals surface area (Å²) in [7, 11) is 3.54. The smallest absolute Gasteiger partial charge is 0.319 e. The van der Waals surface area contributed by atoms with Crippen LogP contribution in [0, 0.1) is 18.8 Å². The molecule has 3 heterocycles. The van der Waals surface area contributed by atoms with Gasteiger partial charge < -0.3 is 15.1 Å². The molecule has 2 fully saturated rings. The number of benzene rings is 1. The number of aromatic nitrogens is 2. The quantitative estimate of drug-likeness (QED) is 0.621. The van der Waals surface area contributed by atoms with Crippen molar-refractivity contribution in [1.82, 2.24) is 19.8 Å². The predicted molar refractivity (Wildman–Crippen MR) is 129 cm³/mol. The van der Waals surface area contributed by atoms with Gasteiger partial charge in [0.25, 0.3) is 0 Å². The lowest BCUT2D eigenvalue weighted by atomic mass is 9.66. The van der Waals surface area contributed by atoms with Crippen molar-refractivity contribution < 1.29 is 9.59 Å². The molecule has 2 unspecified atom stereocenters. The average molecular weight is 442 g/mol. The molecule has 1 saturated heterocycles. The molecule has 1 N–H and O–H groups in total. The van der Waals surface area contributed by atoms with E-state index >= 15 is 0 Å². The van der Waals surface area contributed by atoms with E-state index < -0.39 is 0 Å². The lowest BCUT2D eigenvalue weighted by Crippen LogP contribution is -2.55. The van der Waals surface area contributed by atoms with Crippen LogP contribution in [0.25, 0.3) is 21.9 Å². The largest absolute Gasteiger partial charge is 0.331 e. The first-order chi connectivity index (χ1) is 15.9. The highest BCUT2D eigenvalue weighted by Gasteiger charge is 2.43. The normalized spacial score (nSPS) is 19.1. The predicted octanol–water partition coefficient (Wildman–Crippen LogP) is 4.10. The van der Waals surface area contributed by atoms with Crippen molar-refractivity contribution in [2.24, 2.45) is 11.8 Å². The lowest BCUT2D eigenvalue weighted by Gasteiger charge is -2.49. The van der Waals surface area contributed by atoms with Gasteiger partial charge in [0.15, 0.2) is 0 Å². The number of carbonyl (C=O) groups excluding carboxylic acids is 2. The summed E-state index contributed by atoms with van der Waals surface area (Å²) in [5, 5.41) is 4.93. The van der Waals surface area contributed by atoms with Crippen LogP contribution in [0.4, 0.5) is 10.6 Å². The van der Waals surface area contributed by atoms with Crippen molar-refractivity contribution in [3.63, 3.8) is 0 Å². The maximum atomic E-state index is 12.7. The van der Waals surface area contributed by atoms with Crippen molar-refractivity contribution >= 4 is 28.5 Å². The van der Waals surface area contributed by atoms with Crippen LogP contribution in [0.2, 0.25) is 0 Å². The summed E-state index contributed by atoms with van der Waals surface area (Å²) in [6.07, 6.45) is 8.19. The second-order valence-corrected chi connectivity index (χ2v) is 9.17. The maximum Gasteiger partial charge on any atom is 0.319 e. The third-order valence-corrected chi connectivity index (χ3v) is 6.67. The average Bonchev–Trinajstić information content (AvgIpc) is 2.82. The Bertz CT molecular complexity index is 1270. The summed E-state index contributed by atoms with van der Waals surface area (Å²) >= 11 is 0. The van der Waals surface area contributed by atoms with Crippen molar-refractivity contribution in [3.8, 4) is 11.1 Å². The van der Waals surface area contributed by atoms with Crippen LogP contribution in [-0.2, 0) is 4.79 Å². The van der Waals surface area contributed by atoms with Gasteiger partial charge in [0.1, 0.15) is 5.82 Å². The maximum absolute atomic E-state index is 12.7. The molecule has 0 radical (unpaired) electrons. The van der Waals surface area contributed by atoms with Crippen LogP contribution in [0.1, 0.15) is 12.0 Å². The summed E-state index contributed by atoms with van der Waals surface area (Å²) < 4.78 is 0. The van der Waals surface area contributed by atoms with Gasteiger partial charge in [0, 0.05) is 62.8 Å². The summed E-state index contributed by atoms with van der Waals surface area (Å²) in [5.41, 5.74) is 4.48. The number of amides is 3. The van der Waals surface area contributed by atoms with Gasteiger partial charge in [-0.25, -0.2) is 9.78 Å². The minimum absolute atomic E-state index is 0.0365. The van der Waals surface area contributed by atoms with E-state index in [0.717, 1.165) is 39.5 Å². The molecule has 5 rings (SSSR count). The standard InChI is InChI=1S/C26H27N5O2/c1-16-6-7-27-13-23(16)17-4-5-18-12-28-24(10-19(18)8-17)29-25(32)11-22-20-9-21(22)15-31(14-20)26(33)30(2)3/h4-8,10-13,20-21H,9,14-15H2,1-3H3,(H,28,29,32). The molecule has 1 aromatic carbocycles. The molecule has 1 aliphatic heterocycles. The number of aryl methyl sites for hydroxylation is 1. The van der Waals surface area contributed by atoms with Crippen molar-refractivity contribution in [2.75, 3.05) is 32.5 Å². The van der Waals surface area contributed by atoms with Crippen LogP contribution in [0.15, 0.2) is 60.6 Å². The number of carbonyl (C=O) groups is 2. The molecule has 3 aromatic rings. The molecule has 3 amide bonds. The van der Waals surface area contributed by atoms with E-state index in [4.69, 9.17) is 0 Å². The molecule has 1 saturated carbocycles. The molecule has 0 spiro atoms. The molecule has 2 bridgehead atoms. The van der Waals surface area contributed by atoms with Crippen molar-refractivity contribution in [3.05, 3.63) is 66.1 Å². The number of hydrogen-bond acceptors (Lipinski definition) is 4. The van der Waals surface area contributed by atoms with Crippen molar-refractivity contribution in [1.29, 1.82) is 0 Å². The zero-order valence-corrected chi connectivity index (χ0v) is 19.1. The fraction of sp³-hybridized carbons (Fsp3) is 0.308. The molecule has 2 atom stereocenters. The fourth-order valence-electron chi connectivity index (χ4n) is 4.89. The first-order valence-electron chi connectivity index (χ1n) is 11.2. The number of urea groups is 1. The Morgan fingerprint density at radius 1 is 1.09 bits per heavy atom. The first kappa shape index (κ1) is 21.1. The van der Waals surface area contributed by atoms with Gasteiger partial charge in [-0.1, -0.05) is 17.7 Å². The Kier molecular flexibility index (Phi) is 5.32. The van der Waals surface area contributed by atoms with E-state index in [1.165, 1.54) is 0 Å². The summed E-state index contributed by atoms with van der Waals surface area (Å²) in [6.45, 7) is 3.42. The Balaban J connectivity index is 1.31. The highest BCUT2D eigenvalue weighted by Crippen LogP contribution is 2.45. The van der Waals surface area contributed by atoms with Crippen LogP contribution in [0.5, 0.6) is 0 Å². The number of fused-ring (bicyclic) bond motifs is 3. The van der Waals surface area contributed by atoms with E-state index in [1.54, 1.807) is 37.5 Å². The molecule has 7 heteroatoms. The van der Waals surface area contributed by atoms with E-state index in [0.29, 0.717) is 18.9 Å². The summed E-state index contributed by atoms with van der Waals surface area (Å²) in [6, 6.07) is 10.1. The van der Waals surface area contributed by atoms with E-state index in [2.05, 4.69) is 34.3 Å². The number of hydrogen-bond donors (Lipinski definition) is 1. The third-order valence-electron chi connectivity index (χ3n) is 6.67. The number of likely N-dealkylation sites (tertiary alicyclic amines) is 1. The Morgan fingerprint density at radius 2 is 1.88 bits per heavy atom. The van der Waals surface area contributed by atoms with Gasteiger partial charge in [-0.05, 0) is 59.9 Å². The second kappa shape index (κ2) is 8.31. The van der Waals surface area contributed by atoms with Gasteiger partial charge in [0.05, 0.1) is 0 Å². The number of nitrogens with zero attached hydrogens (tertiary/aromatic N) is 4. The third kappa shape index (κ3) is 4.06. The SMILES string of the molecule is Cc1ccncc1-c1ccc2cnc(NC(=O)C=C3C4CC3CN(C(=O)N(C)C)C4)cc2c1. The highest BCUT2D eigenvalue weighted by molar-refractivity contribution is 6.00. The minimum atomic E-state index is -0.168. The molecule has 33 heavy (non-hydrogen) atoms. The Labute approximate surface area is 193 Å². The first-order valence-corrected chi connectivity index (χ1v) is 11.2. The zero-order chi connectivity index (χ0) is 23.1. The molecule has 7 nitrogen and oxygen atoms in total. The molecular formula is C26H27N5O2. The van der Waals surface area contributed by atoms with Gasteiger partial charge >= 0.3 is 6.03 Å². The Hall–Kier alpha value is -3.74. The zero-order valence-electron chi connectivity index (χ0n) is 19.1. The number of nitrogens with one attached hydrogen (secondary N) is 1. The molecule has 2 aromatic heterocycles. The van der Waals surface area contributed by atoms with Crippen LogP contribution < -0.4 is 5.32 Å². The summed E-state index contributed by atoms with van der Waals surface area (Å²) in [5.74, 6) is 0.901. The second-order valence-electron chi connectivity index (χ2n) is 9.17. The van der Waals surface area contributed by atoms with E-state index in [1.807, 2.05) is 29.3 Å². The lowest BCUT2D eigenvalue weighted by molar-refractivity contribution is -0.112. The van der Waals surface area contributed by atoms with Gasteiger partial charge in [-0.15, -0.1) is 0 Å². The summed E-state index contributed by atoms with van der Waals surface area (Å²) in [4.78, 5) is 37.1.